The van der Waals surface area contributed by atoms with Crippen LogP contribution in [-0.4, -0.2) is 63.4 Å². The van der Waals surface area contributed by atoms with Gasteiger partial charge < -0.3 is 27.6 Å². The summed E-state index contributed by atoms with van der Waals surface area (Å²) in [6, 6.07) is 0. The fraction of sp³-hybridized carbons (Fsp3) is 0.962. The first kappa shape index (κ1) is 42.6. The van der Waals surface area contributed by atoms with Gasteiger partial charge in [0.2, 0.25) is 0 Å². The molecule has 1 saturated carbocycles. The van der Waals surface area contributed by atoms with Gasteiger partial charge in [-0.05, 0) is 58.4 Å². The van der Waals surface area contributed by atoms with Gasteiger partial charge in [0.1, 0.15) is 0 Å². The van der Waals surface area contributed by atoms with Crippen molar-refractivity contribution in [3.63, 3.8) is 0 Å². The second kappa shape index (κ2) is 38.7. The largest absolute Gasteiger partial charge is 1.00 e. The minimum absolute atomic E-state index is 0. The summed E-state index contributed by atoms with van der Waals surface area (Å²) in [5.74, 6) is 2.42. The quantitative estimate of drug-likeness (QED) is 0.426. The van der Waals surface area contributed by atoms with Gasteiger partial charge in [0.15, 0.2) is 0 Å². The molecule has 2 rings (SSSR count). The Hall–Kier alpha value is 1.48. The van der Waals surface area contributed by atoms with E-state index in [2.05, 4.69) is 71.0 Å². The molecule has 0 spiro atoms. The molecule has 0 amide bonds. The molecule has 5 heteroatoms. The number of likely N-dealkylation sites (N-methyl/N-ethyl adjacent to an activating group) is 1. The maximum Gasteiger partial charge on any atom is 1.00 e. The van der Waals surface area contributed by atoms with Crippen LogP contribution in [0, 0.1) is 24.7 Å². The van der Waals surface area contributed by atoms with Crippen LogP contribution in [0.2, 0.25) is 0 Å². The molecule has 0 bridgehead atoms. The van der Waals surface area contributed by atoms with E-state index < -0.39 is 0 Å². The smallest absolute Gasteiger partial charge is 0.396 e. The monoisotopic (exact) mass is 471 g/mol. The number of nitrogens with zero attached hydrogens (tertiary/aromatic N) is 1. The van der Waals surface area contributed by atoms with E-state index in [1.807, 2.05) is 20.9 Å². The Morgan fingerprint density at radius 2 is 1.48 bits per heavy atom. The maximum absolute atomic E-state index is 8.28. The fourth-order valence-corrected chi connectivity index (χ4v) is 1.57. The van der Waals surface area contributed by atoms with Gasteiger partial charge in [0, 0.05) is 19.7 Å². The summed E-state index contributed by atoms with van der Waals surface area (Å²) in [7, 11) is 4.10. The average Bonchev–Trinajstić information content (AvgIpc) is 3.60. The number of aliphatic hydroxyl groups excluding tert-OH is 1. The topological polar surface area (TPSA) is 47.5 Å². The summed E-state index contributed by atoms with van der Waals surface area (Å²) in [4.78, 5) is 2.36. The van der Waals surface area contributed by atoms with Crippen molar-refractivity contribution in [1.29, 1.82) is 0 Å². The van der Waals surface area contributed by atoms with E-state index in [1.54, 1.807) is 0 Å². The van der Waals surface area contributed by atoms with Crippen molar-refractivity contribution in [3.05, 3.63) is 6.92 Å². The second-order valence-electron chi connectivity index (χ2n) is 8.39. The van der Waals surface area contributed by atoms with E-state index in [9.17, 15) is 0 Å². The second-order valence-corrected chi connectivity index (χ2v) is 8.39. The van der Waals surface area contributed by atoms with Crippen molar-refractivity contribution in [3.8, 4) is 0 Å². The van der Waals surface area contributed by atoms with E-state index >= 15 is 0 Å². The third-order valence-electron chi connectivity index (χ3n) is 4.66. The zero-order chi connectivity index (χ0) is 24.2. The predicted octanol–water partition coefficient (Wildman–Crippen LogP) is 2.87. The molecule has 1 unspecified atom stereocenters. The molecule has 0 aromatic rings. The molecule has 188 valence electrons. The summed E-state index contributed by atoms with van der Waals surface area (Å²) in [6.45, 7) is 27.0. The zero-order valence-electron chi connectivity index (χ0n) is 23.8. The summed E-state index contributed by atoms with van der Waals surface area (Å²) < 4.78 is 0. The van der Waals surface area contributed by atoms with Crippen LogP contribution in [-0.2, 0) is 0 Å². The van der Waals surface area contributed by atoms with Crippen molar-refractivity contribution in [2.24, 2.45) is 17.8 Å². The van der Waals surface area contributed by atoms with E-state index in [0.717, 1.165) is 31.3 Å². The Morgan fingerprint density at radius 1 is 1.03 bits per heavy atom. The van der Waals surface area contributed by atoms with Gasteiger partial charge in [-0.1, -0.05) is 81.1 Å². The SMILES string of the molecule is CC.CCC(C)C.CCNC.CN1CCCNCC1.OCCC1CC1.[CH2-]C(C)CC.[K+]. The van der Waals surface area contributed by atoms with Crippen molar-refractivity contribution in [2.45, 2.75) is 93.9 Å². The first-order valence-corrected chi connectivity index (χ1v) is 12.8. The number of hydrogen-bond donors (Lipinski definition) is 3. The Morgan fingerprint density at radius 3 is 1.74 bits per heavy atom. The van der Waals surface area contributed by atoms with Crippen LogP contribution in [0.5, 0.6) is 0 Å². The molecular weight excluding hydrogens is 409 g/mol. The molecule has 1 aliphatic carbocycles. The molecule has 1 aliphatic heterocycles. The van der Waals surface area contributed by atoms with Gasteiger partial charge in [-0.3, -0.25) is 0 Å². The standard InChI is InChI=1S/C6H14N2.C5H10O.C5H12.C5H11.C3H9N.C2H6.K/c1-8-5-2-3-7-4-6-8;6-4-3-5-1-2-5;2*1-4-5(2)3;1-3-4-2;1-2;/h7H,2-6H2,1H3;5-6H,1-4H2;5H,4H2,1-3H3;5H,2,4H2,1,3H3;4H,3H2,1-2H3;1-2H3;/q;;;-1;;;+1. The van der Waals surface area contributed by atoms with Crippen LogP contribution >= 0.6 is 0 Å². The molecule has 3 N–H and O–H groups in total. The number of aliphatic hydroxyl groups is 1. The van der Waals surface area contributed by atoms with Crippen LogP contribution < -0.4 is 62.0 Å². The van der Waals surface area contributed by atoms with E-state index in [-0.39, 0.29) is 51.4 Å². The first-order valence-electron chi connectivity index (χ1n) is 12.8. The maximum atomic E-state index is 8.28. The summed E-state index contributed by atoms with van der Waals surface area (Å²) >= 11 is 0. The van der Waals surface area contributed by atoms with Crippen LogP contribution in [0.1, 0.15) is 93.9 Å². The van der Waals surface area contributed by atoms with Gasteiger partial charge >= 0.3 is 51.4 Å². The Bertz CT molecular complexity index is 245. The third kappa shape index (κ3) is 59.3. The Labute approximate surface area is 241 Å². The van der Waals surface area contributed by atoms with Gasteiger partial charge in [0.05, 0.1) is 0 Å². The Balaban J connectivity index is -0.0000000902. The van der Waals surface area contributed by atoms with Crippen molar-refractivity contribution in [2.75, 3.05) is 53.4 Å². The third-order valence-corrected chi connectivity index (χ3v) is 4.66. The van der Waals surface area contributed by atoms with Crippen molar-refractivity contribution in [1.82, 2.24) is 15.5 Å². The summed E-state index contributed by atoms with van der Waals surface area (Å²) in [5, 5.41) is 14.5. The molecule has 1 saturated heterocycles. The van der Waals surface area contributed by atoms with Crippen LogP contribution in [0.4, 0.5) is 0 Å². The van der Waals surface area contributed by atoms with Gasteiger partial charge in [-0.25, -0.2) is 0 Å². The molecule has 0 aromatic heterocycles. The fourth-order valence-electron chi connectivity index (χ4n) is 1.57. The minimum atomic E-state index is 0. The summed E-state index contributed by atoms with van der Waals surface area (Å²) in [6.07, 6.45) is 7.57. The molecule has 4 nitrogen and oxygen atoms in total. The normalized spacial score (nSPS) is 15.8. The van der Waals surface area contributed by atoms with Crippen LogP contribution in [0.3, 0.4) is 0 Å². The van der Waals surface area contributed by atoms with Crippen LogP contribution in [0.25, 0.3) is 0 Å². The van der Waals surface area contributed by atoms with E-state index in [4.69, 9.17) is 5.11 Å². The van der Waals surface area contributed by atoms with E-state index in [1.165, 1.54) is 51.7 Å². The molecule has 2 aliphatic rings. The first-order chi connectivity index (χ1) is 14.3. The predicted molar refractivity (Wildman–Crippen MR) is 140 cm³/mol. The van der Waals surface area contributed by atoms with Crippen molar-refractivity contribution < 1.29 is 56.5 Å². The number of nitrogens with one attached hydrogen (secondary N) is 2. The minimum Gasteiger partial charge on any atom is -0.396 e. The molecule has 1 atom stereocenters. The van der Waals surface area contributed by atoms with Gasteiger partial charge in [0.25, 0.3) is 0 Å². The molecule has 0 aromatic carbocycles. The van der Waals surface area contributed by atoms with E-state index in [0.29, 0.717) is 12.5 Å². The summed E-state index contributed by atoms with van der Waals surface area (Å²) in [5.41, 5.74) is 0. The Kier molecular flexibility index (Phi) is 53.2. The molecular formula is C26H62KN3O. The molecule has 31 heavy (non-hydrogen) atoms. The van der Waals surface area contributed by atoms with Crippen LogP contribution in [0.15, 0.2) is 0 Å². The number of hydrogen-bond acceptors (Lipinski definition) is 4. The molecule has 0 radical (unpaired) electrons. The van der Waals surface area contributed by atoms with Crippen molar-refractivity contribution >= 4 is 0 Å². The molecule has 1 heterocycles. The zero-order valence-corrected chi connectivity index (χ0v) is 26.9. The molecule has 2 fully saturated rings. The average molecular weight is 472 g/mol. The number of rotatable bonds is 5. The van der Waals surface area contributed by atoms with Gasteiger partial charge in [-0.15, -0.1) is 0 Å². The van der Waals surface area contributed by atoms with Gasteiger partial charge in [-0.2, -0.15) is 5.92 Å².